The van der Waals surface area contributed by atoms with Crippen LogP contribution in [0.3, 0.4) is 0 Å². The quantitative estimate of drug-likeness (QED) is 0.900. The molecule has 1 aromatic carbocycles. The summed E-state index contributed by atoms with van der Waals surface area (Å²) in [6.07, 6.45) is 3.25. The number of rotatable bonds is 5. The van der Waals surface area contributed by atoms with Crippen molar-refractivity contribution in [1.29, 1.82) is 0 Å². The van der Waals surface area contributed by atoms with E-state index in [1.807, 2.05) is 6.07 Å². The molecule has 20 heavy (non-hydrogen) atoms. The van der Waals surface area contributed by atoms with Gasteiger partial charge in [-0.1, -0.05) is 6.42 Å². The maximum absolute atomic E-state index is 14.3. The third kappa shape index (κ3) is 2.37. The van der Waals surface area contributed by atoms with Gasteiger partial charge in [0.25, 0.3) is 0 Å². The molecule has 2 N–H and O–H groups in total. The largest absolute Gasteiger partial charge is 0.496 e. The smallest absolute Gasteiger partial charge is 0.134 e. The molecule has 0 saturated heterocycles. The monoisotopic (exact) mass is 281 g/mol. The van der Waals surface area contributed by atoms with Crippen LogP contribution in [0.2, 0.25) is 0 Å². The minimum Gasteiger partial charge on any atom is -0.496 e. The Bertz CT molecular complexity index is 484. The number of methoxy groups -OCH3 is 2. The van der Waals surface area contributed by atoms with Crippen LogP contribution >= 0.6 is 0 Å². The molecule has 0 heterocycles. The average Bonchev–Trinajstić information content (AvgIpc) is 2.36. The van der Waals surface area contributed by atoms with E-state index in [9.17, 15) is 4.39 Å². The highest BCUT2D eigenvalue weighted by Crippen LogP contribution is 2.49. The van der Waals surface area contributed by atoms with Crippen LogP contribution in [0.4, 0.5) is 4.39 Å². The molecule has 0 aromatic heterocycles. The van der Waals surface area contributed by atoms with Gasteiger partial charge >= 0.3 is 0 Å². The Balaban J connectivity index is 2.59. The third-order valence-corrected chi connectivity index (χ3v) is 4.43. The first-order valence-corrected chi connectivity index (χ1v) is 7.04. The first kappa shape index (κ1) is 15.1. The predicted octanol–water partition coefficient (Wildman–Crippen LogP) is 3.29. The van der Waals surface area contributed by atoms with E-state index < -0.39 is 5.67 Å². The van der Waals surface area contributed by atoms with Crippen LogP contribution in [-0.4, -0.2) is 20.8 Å². The maximum atomic E-state index is 14.3. The van der Waals surface area contributed by atoms with Crippen molar-refractivity contribution in [2.75, 3.05) is 20.8 Å². The number of halogens is 1. The van der Waals surface area contributed by atoms with Crippen LogP contribution in [-0.2, 0) is 11.1 Å². The van der Waals surface area contributed by atoms with Crippen LogP contribution in [0, 0.1) is 0 Å². The van der Waals surface area contributed by atoms with Crippen molar-refractivity contribution in [3.05, 3.63) is 23.3 Å². The van der Waals surface area contributed by atoms with E-state index in [1.54, 1.807) is 20.3 Å². The van der Waals surface area contributed by atoms with Crippen LogP contribution in [0.5, 0.6) is 11.5 Å². The lowest BCUT2D eigenvalue weighted by Crippen LogP contribution is -2.41. The molecule has 0 radical (unpaired) electrons. The highest BCUT2D eigenvalue weighted by Gasteiger charge is 2.40. The summed E-state index contributed by atoms with van der Waals surface area (Å²) in [6.45, 7) is 3.61. The molecule has 0 unspecified atom stereocenters. The third-order valence-electron chi connectivity index (χ3n) is 4.43. The van der Waals surface area contributed by atoms with E-state index in [1.165, 1.54) is 20.3 Å². The summed E-state index contributed by atoms with van der Waals surface area (Å²) in [5, 5.41) is 0. The maximum Gasteiger partial charge on any atom is 0.134 e. The molecule has 0 spiro atoms. The first-order valence-electron chi connectivity index (χ1n) is 7.04. The van der Waals surface area contributed by atoms with Gasteiger partial charge in [0.05, 0.1) is 14.2 Å². The van der Waals surface area contributed by atoms with Gasteiger partial charge in [-0.05, 0) is 38.8 Å². The molecule has 4 heteroatoms. The average molecular weight is 281 g/mol. The number of hydrogen-bond donors (Lipinski definition) is 1. The summed E-state index contributed by atoms with van der Waals surface area (Å²) in [5.74, 6) is 1.27. The highest BCUT2D eigenvalue weighted by atomic mass is 19.1. The first-order chi connectivity index (χ1) is 9.38. The van der Waals surface area contributed by atoms with Gasteiger partial charge in [0.1, 0.15) is 17.2 Å². The second-order valence-corrected chi connectivity index (χ2v) is 6.06. The molecule has 1 saturated carbocycles. The molecule has 0 atom stereocenters. The zero-order valence-corrected chi connectivity index (χ0v) is 12.8. The molecule has 1 aromatic rings. The molecule has 1 aliphatic rings. The minimum absolute atomic E-state index is 0.0440. The summed E-state index contributed by atoms with van der Waals surface area (Å²) >= 11 is 0. The summed E-state index contributed by atoms with van der Waals surface area (Å²) < 4.78 is 25.2. The van der Waals surface area contributed by atoms with Gasteiger partial charge in [0.2, 0.25) is 0 Å². The van der Waals surface area contributed by atoms with E-state index in [4.69, 9.17) is 15.2 Å². The van der Waals surface area contributed by atoms with Crippen molar-refractivity contribution >= 4 is 0 Å². The summed E-state index contributed by atoms with van der Waals surface area (Å²) in [6, 6.07) is 3.66. The van der Waals surface area contributed by atoms with Gasteiger partial charge in [-0.25, -0.2) is 4.39 Å². The van der Waals surface area contributed by atoms with Gasteiger partial charge in [0.15, 0.2) is 0 Å². The van der Waals surface area contributed by atoms with Gasteiger partial charge in [-0.2, -0.15) is 0 Å². The molecule has 0 bridgehead atoms. The zero-order chi connectivity index (χ0) is 15.0. The number of hydrogen-bond acceptors (Lipinski definition) is 3. The van der Waals surface area contributed by atoms with Crippen molar-refractivity contribution in [3.8, 4) is 11.5 Å². The van der Waals surface area contributed by atoms with Gasteiger partial charge < -0.3 is 15.2 Å². The van der Waals surface area contributed by atoms with Crippen molar-refractivity contribution in [3.63, 3.8) is 0 Å². The topological polar surface area (TPSA) is 44.5 Å². The minimum atomic E-state index is -1.48. The Labute approximate surface area is 120 Å². The fourth-order valence-electron chi connectivity index (χ4n) is 2.96. The van der Waals surface area contributed by atoms with E-state index >= 15 is 0 Å². The number of alkyl halides is 1. The molecule has 1 fully saturated rings. The Kier molecular flexibility index (Phi) is 3.96. The standard InChI is InChI=1S/C16H24FNO2/c1-15(2,17)11-8-14(20-4)12(9-13(11)19-3)16(10-18)6-5-7-16/h8-9H,5-7,10,18H2,1-4H3. The van der Waals surface area contributed by atoms with E-state index in [2.05, 4.69) is 0 Å². The lowest BCUT2D eigenvalue weighted by atomic mass is 9.64. The second kappa shape index (κ2) is 5.24. The van der Waals surface area contributed by atoms with Crippen molar-refractivity contribution in [2.45, 2.75) is 44.2 Å². The summed E-state index contributed by atoms with van der Waals surface area (Å²) in [4.78, 5) is 0. The number of ether oxygens (including phenoxy) is 2. The van der Waals surface area contributed by atoms with Crippen molar-refractivity contribution in [1.82, 2.24) is 0 Å². The number of benzene rings is 1. The fraction of sp³-hybridized carbons (Fsp3) is 0.625. The van der Waals surface area contributed by atoms with E-state index in [0.29, 0.717) is 23.6 Å². The van der Waals surface area contributed by atoms with E-state index in [0.717, 1.165) is 18.4 Å². The van der Waals surface area contributed by atoms with Crippen LogP contribution in [0.15, 0.2) is 12.1 Å². The molecular weight excluding hydrogens is 257 g/mol. The predicted molar refractivity (Wildman–Crippen MR) is 78.3 cm³/mol. The van der Waals surface area contributed by atoms with Crippen molar-refractivity contribution in [2.24, 2.45) is 5.73 Å². The Morgan fingerprint density at radius 1 is 1.20 bits per heavy atom. The Morgan fingerprint density at radius 2 is 1.80 bits per heavy atom. The molecule has 1 aliphatic carbocycles. The Morgan fingerprint density at radius 3 is 2.15 bits per heavy atom. The second-order valence-electron chi connectivity index (χ2n) is 6.06. The highest BCUT2D eigenvalue weighted by molar-refractivity contribution is 5.52. The lowest BCUT2D eigenvalue weighted by molar-refractivity contribution is 0.210. The molecule has 0 amide bonds. The number of nitrogens with two attached hydrogens (primary N) is 1. The van der Waals surface area contributed by atoms with Gasteiger partial charge in [0, 0.05) is 23.1 Å². The zero-order valence-electron chi connectivity index (χ0n) is 12.8. The summed E-state index contributed by atoms with van der Waals surface area (Å²) in [7, 11) is 3.18. The van der Waals surface area contributed by atoms with Crippen LogP contribution in [0.1, 0.15) is 44.2 Å². The molecule has 0 aliphatic heterocycles. The van der Waals surface area contributed by atoms with Crippen LogP contribution < -0.4 is 15.2 Å². The van der Waals surface area contributed by atoms with Crippen LogP contribution in [0.25, 0.3) is 0 Å². The SMILES string of the molecule is COc1cc(C2(CN)CCC2)c(OC)cc1C(C)(C)F. The molecule has 2 rings (SSSR count). The summed E-state index contributed by atoms with van der Waals surface area (Å²) in [5.41, 5.74) is 5.99. The Hall–Kier alpha value is -1.29. The molecule has 112 valence electrons. The lowest BCUT2D eigenvalue weighted by Gasteiger charge is -2.42. The molecular formula is C16H24FNO2. The van der Waals surface area contributed by atoms with Gasteiger partial charge in [-0.3, -0.25) is 0 Å². The van der Waals surface area contributed by atoms with Gasteiger partial charge in [-0.15, -0.1) is 0 Å². The van der Waals surface area contributed by atoms with E-state index in [-0.39, 0.29) is 5.41 Å². The normalized spacial score (nSPS) is 17.5. The molecule has 3 nitrogen and oxygen atoms in total. The fourth-order valence-corrected chi connectivity index (χ4v) is 2.96. The van der Waals surface area contributed by atoms with Crippen molar-refractivity contribution < 1.29 is 13.9 Å².